The van der Waals surface area contributed by atoms with E-state index in [1.807, 2.05) is 0 Å². The van der Waals surface area contributed by atoms with Gasteiger partial charge in [0.25, 0.3) is 0 Å². The second kappa shape index (κ2) is 6.45. The molecule has 0 aliphatic rings. The third-order valence-corrected chi connectivity index (χ3v) is 0.388. The SMILES string of the molecule is O=C(O)C(=O)C(=O)O.[O]=[Pb]. The number of hydrogen-bond acceptors (Lipinski definition) is 4. The van der Waals surface area contributed by atoms with Gasteiger partial charge in [-0.25, -0.2) is 9.59 Å². The van der Waals surface area contributed by atoms with Crippen LogP contribution in [0.5, 0.6) is 0 Å². The number of rotatable bonds is 2. The van der Waals surface area contributed by atoms with E-state index in [0.29, 0.717) is 0 Å². The Morgan fingerprint density at radius 1 is 0.900 bits per heavy atom. The summed E-state index contributed by atoms with van der Waals surface area (Å²) < 4.78 is 8.39. The fourth-order valence-electron chi connectivity index (χ4n) is 0.0915. The second-order valence-electron chi connectivity index (χ2n) is 0.939. The van der Waals surface area contributed by atoms with Crippen LogP contribution in [0.2, 0.25) is 0 Å². The van der Waals surface area contributed by atoms with Gasteiger partial charge in [0, 0.05) is 0 Å². The van der Waals surface area contributed by atoms with E-state index < -0.39 is 17.7 Å². The van der Waals surface area contributed by atoms with E-state index in [-0.39, 0.29) is 25.8 Å². The molecule has 0 saturated heterocycles. The Morgan fingerprint density at radius 3 is 1.10 bits per heavy atom. The Labute approximate surface area is 71.0 Å². The molecule has 2 N–H and O–H groups in total. The summed E-state index contributed by atoms with van der Waals surface area (Å²) >= 11 is 0.0556. The Morgan fingerprint density at radius 2 is 1.10 bits per heavy atom. The molecule has 0 spiro atoms. The Kier molecular flexibility index (Phi) is 7.78. The van der Waals surface area contributed by atoms with Crippen molar-refractivity contribution >= 4 is 43.5 Å². The average Bonchev–Trinajstić information content (AvgIpc) is 1.90. The van der Waals surface area contributed by atoms with Crippen molar-refractivity contribution in [3.8, 4) is 0 Å². The van der Waals surface area contributed by atoms with E-state index in [0.717, 1.165) is 0 Å². The minimum absolute atomic E-state index is 0.0556. The molecule has 0 aromatic carbocycles. The van der Waals surface area contributed by atoms with E-state index in [2.05, 4.69) is 0 Å². The number of ketones is 1. The molecule has 0 atom stereocenters. The van der Waals surface area contributed by atoms with Crippen LogP contribution in [0.25, 0.3) is 0 Å². The summed E-state index contributed by atoms with van der Waals surface area (Å²) in [5, 5.41) is 15.2. The van der Waals surface area contributed by atoms with E-state index in [9.17, 15) is 14.4 Å². The minimum atomic E-state index is -1.95. The molecule has 10 heavy (non-hydrogen) atoms. The van der Waals surface area contributed by atoms with Gasteiger partial charge in [0.2, 0.25) is 0 Å². The molecule has 6 nitrogen and oxygen atoms in total. The van der Waals surface area contributed by atoms with Crippen LogP contribution >= 0.6 is 0 Å². The number of carbonyl (C=O) groups excluding carboxylic acids is 1. The first-order chi connectivity index (χ1) is 4.55. The van der Waals surface area contributed by atoms with Crippen LogP contribution < -0.4 is 0 Å². The summed E-state index contributed by atoms with van der Waals surface area (Å²) in [6.07, 6.45) is 0. The molecule has 7 heteroatoms. The van der Waals surface area contributed by atoms with Crippen molar-refractivity contribution in [3.63, 3.8) is 0 Å². The van der Waals surface area contributed by atoms with Crippen molar-refractivity contribution in [1.29, 1.82) is 0 Å². The van der Waals surface area contributed by atoms with E-state index >= 15 is 0 Å². The molecule has 0 heterocycles. The summed E-state index contributed by atoms with van der Waals surface area (Å²) in [5.74, 6) is -5.71. The zero-order chi connectivity index (χ0) is 8.73. The average molecular weight is 341 g/mol. The monoisotopic (exact) mass is 342 g/mol. The maximum atomic E-state index is 9.64. The third-order valence-electron chi connectivity index (χ3n) is 0.388. The van der Waals surface area contributed by atoms with Gasteiger partial charge in [-0.3, -0.25) is 4.79 Å². The maximum absolute atomic E-state index is 9.64. The van der Waals surface area contributed by atoms with Gasteiger partial charge in [-0.15, -0.1) is 0 Å². The van der Waals surface area contributed by atoms with Crippen molar-refractivity contribution in [2.45, 2.75) is 0 Å². The Balaban J connectivity index is 0. The van der Waals surface area contributed by atoms with Crippen molar-refractivity contribution < 1.29 is 27.3 Å². The topological polar surface area (TPSA) is 109 Å². The molecule has 0 saturated carbocycles. The molecule has 0 bridgehead atoms. The van der Waals surface area contributed by atoms with Gasteiger partial charge in [0.1, 0.15) is 0 Å². The van der Waals surface area contributed by atoms with Gasteiger partial charge >= 0.3 is 46.2 Å². The molecule has 0 aromatic rings. The van der Waals surface area contributed by atoms with Crippen LogP contribution in [-0.4, -0.2) is 53.7 Å². The van der Waals surface area contributed by atoms with Crippen LogP contribution in [-0.2, 0) is 17.1 Å². The number of Topliss-reactive ketones (excluding diaryl/α,β-unsaturated/α-hetero) is 1. The van der Waals surface area contributed by atoms with Crippen LogP contribution in [0.1, 0.15) is 0 Å². The van der Waals surface area contributed by atoms with Crippen molar-refractivity contribution in [2.75, 3.05) is 0 Å². The molecule has 0 aliphatic carbocycles. The second-order valence-corrected chi connectivity index (χ2v) is 0.939. The quantitative estimate of drug-likeness (QED) is 0.349. The summed E-state index contributed by atoms with van der Waals surface area (Å²) in [4.78, 5) is 28.5. The van der Waals surface area contributed by atoms with Gasteiger partial charge < -0.3 is 10.2 Å². The van der Waals surface area contributed by atoms with Gasteiger partial charge in [-0.2, -0.15) is 0 Å². The van der Waals surface area contributed by atoms with Gasteiger partial charge in [-0.05, 0) is 0 Å². The Hall–Kier alpha value is -0.668. The first kappa shape index (κ1) is 12.1. The standard InChI is InChI=1S/C3H2O5.O.Pb/c4-1(2(5)6)3(7)8;;/h(H,5,6)(H,7,8);;. The summed E-state index contributed by atoms with van der Waals surface area (Å²) in [6, 6.07) is 0. The molecule has 0 rings (SSSR count). The summed E-state index contributed by atoms with van der Waals surface area (Å²) in [7, 11) is 0. The number of carboxylic acids is 2. The first-order valence-corrected chi connectivity index (χ1v) is 3.35. The molecular formula is C3H2O6Pb. The molecule has 0 aliphatic heterocycles. The van der Waals surface area contributed by atoms with Crippen molar-refractivity contribution in [2.24, 2.45) is 0 Å². The van der Waals surface area contributed by atoms with E-state index in [1.54, 1.807) is 0 Å². The van der Waals surface area contributed by atoms with Crippen LogP contribution in [0.15, 0.2) is 0 Å². The number of aliphatic carboxylic acids is 2. The van der Waals surface area contributed by atoms with Crippen molar-refractivity contribution in [3.05, 3.63) is 0 Å². The molecule has 0 unspecified atom stereocenters. The molecule has 0 fully saturated rings. The fraction of sp³-hybridized carbons (Fsp3) is 0. The van der Waals surface area contributed by atoms with Crippen LogP contribution in [0, 0.1) is 0 Å². The number of carboxylic acid groups (broad SMARTS) is 2. The third kappa shape index (κ3) is 5.47. The zero-order valence-corrected chi connectivity index (χ0v) is 8.41. The zero-order valence-electron chi connectivity index (χ0n) is 4.53. The molecule has 54 valence electrons. The van der Waals surface area contributed by atoms with Crippen molar-refractivity contribution in [1.82, 2.24) is 0 Å². The number of carbonyl (C=O) groups is 3. The summed E-state index contributed by atoms with van der Waals surface area (Å²) in [6.45, 7) is 0. The predicted octanol–water partition coefficient (Wildman–Crippen LogP) is -1.77. The normalized spacial score (nSPS) is 6.80. The van der Waals surface area contributed by atoms with Gasteiger partial charge in [0.05, 0.1) is 0 Å². The van der Waals surface area contributed by atoms with Gasteiger partial charge in [-0.1, -0.05) is 0 Å². The number of hydrogen-bond donors (Lipinski definition) is 2. The van der Waals surface area contributed by atoms with E-state index in [4.69, 9.17) is 12.9 Å². The summed E-state index contributed by atoms with van der Waals surface area (Å²) in [5.41, 5.74) is 0. The first-order valence-electron chi connectivity index (χ1n) is 1.76. The van der Waals surface area contributed by atoms with Crippen LogP contribution in [0.4, 0.5) is 0 Å². The predicted molar refractivity (Wildman–Crippen MR) is 26.7 cm³/mol. The molecule has 2 radical (unpaired) electrons. The molecule has 0 amide bonds. The Bertz CT molecular complexity index is 146. The van der Waals surface area contributed by atoms with E-state index in [1.165, 1.54) is 0 Å². The van der Waals surface area contributed by atoms with Crippen LogP contribution in [0.3, 0.4) is 0 Å². The molecule has 0 aromatic heterocycles. The fourth-order valence-corrected chi connectivity index (χ4v) is 0.0915. The molecular weight excluding hydrogens is 339 g/mol. The van der Waals surface area contributed by atoms with Gasteiger partial charge in [0.15, 0.2) is 0 Å².